The number of carbonyl (C=O) groups excluding carboxylic acids is 1. The summed E-state index contributed by atoms with van der Waals surface area (Å²) >= 11 is 0. The second-order valence-corrected chi connectivity index (χ2v) is 6.80. The highest BCUT2D eigenvalue weighted by Crippen LogP contribution is 2.19. The van der Waals surface area contributed by atoms with Crippen molar-refractivity contribution in [3.63, 3.8) is 0 Å². The summed E-state index contributed by atoms with van der Waals surface area (Å²) < 4.78 is 0. The van der Waals surface area contributed by atoms with Crippen molar-refractivity contribution in [2.24, 2.45) is 5.92 Å². The number of aliphatic hydroxyl groups excluding tert-OH is 1. The van der Waals surface area contributed by atoms with Gasteiger partial charge in [0, 0.05) is 39.3 Å². The molecule has 0 saturated carbocycles. The molecule has 2 saturated heterocycles. The van der Waals surface area contributed by atoms with E-state index < -0.39 is 6.10 Å². The van der Waals surface area contributed by atoms with E-state index in [2.05, 4.69) is 16.8 Å². The van der Waals surface area contributed by atoms with Gasteiger partial charge in [-0.1, -0.05) is 30.3 Å². The van der Waals surface area contributed by atoms with Crippen molar-refractivity contribution in [2.75, 3.05) is 52.9 Å². The maximum atomic E-state index is 12.5. The monoisotopic (exact) mass is 317 g/mol. The first kappa shape index (κ1) is 16.4. The first-order valence-electron chi connectivity index (χ1n) is 8.56. The van der Waals surface area contributed by atoms with Crippen LogP contribution in [0.3, 0.4) is 0 Å². The van der Waals surface area contributed by atoms with E-state index in [1.807, 2.05) is 35.2 Å². The van der Waals surface area contributed by atoms with Gasteiger partial charge in [-0.25, -0.2) is 0 Å². The number of nitrogens with zero attached hydrogens (tertiary/aromatic N) is 3. The van der Waals surface area contributed by atoms with Crippen LogP contribution in [0.4, 0.5) is 0 Å². The van der Waals surface area contributed by atoms with Crippen molar-refractivity contribution in [3.8, 4) is 0 Å². The summed E-state index contributed by atoms with van der Waals surface area (Å²) in [4.78, 5) is 19.0. The van der Waals surface area contributed by atoms with Crippen molar-refractivity contribution >= 4 is 5.91 Å². The normalized spacial score (nSPS) is 24.8. The number of likely N-dealkylation sites (tertiary alicyclic amines) is 1. The molecule has 23 heavy (non-hydrogen) atoms. The number of aliphatic hydroxyl groups is 1. The van der Waals surface area contributed by atoms with Gasteiger partial charge in [-0.15, -0.1) is 0 Å². The van der Waals surface area contributed by atoms with E-state index in [-0.39, 0.29) is 5.92 Å². The number of rotatable bonds is 4. The number of β-amino-alcohol motifs (C(OH)–C–C–N with tert-alkyl or cyclic N) is 1. The van der Waals surface area contributed by atoms with Gasteiger partial charge in [0.05, 0.1) is 12.0 Å². The quantitative estimate of drug-likeness (QED) is 0.893. The van der Waals surface area contributed by atoms with Crippen LogP contribution in [0.2, 0.25) is 0 Å². The van der Waals surface area contributed by atoms with Gasteiger partial charge in [0.2, 0.25) is 5.91 Å². The van der Waals surface area contributed by atoms with Crippen molar-refractivity contribution in [1.29, 1.82) is 0 Å². The Morgan fingerprint density at radius 3 is 2.48 bits per heavy atom. The Morgan fingerprint density at radius 2 is 1.87 bits per heavy atom. The van der Waals surface area contributed by atoms with Crippen LogP contribution in [-0.4, -0.2) is 78.6 Å². The first-order valence-corrected chi connectivity index (χ1v) is 8.56. The highest BCUT2D eigenvalue weighted by molar-refractivity contribution is 5.79. The van der Waals surface area contributed by atoms with Crippen LogP contribution in [0.5, 0.6) is 0 Å². The fourth-order valence-corrected chi connectivity index (χ4v) is 3.57. The molecule has 2 atom stereocenters. The molecular formula is C18H27N3O2. The lowest BCUT2D eigenvalue weighted by Crippen LogP contribution is -2.51. The molecule has 2 heterocycles. The lowest BCUT2D eigenvalue weighted by Gasteiger charge is -2.36. The van der Waals surface area contributed by atoms with E-state index >= 15 is 0 Å². The van der Waals surface area contributed by atoms with Crippen LogP contribution in [0.1, 0.15) is 18.1 Å². The minimum Gasteiger partial charge on any atom is -0.387 e. The van der Waals surface area contributed by atoms with Crippen LogP contribution >= 0.6 is 0 Å². The average molecular weight is 317 g/mol. The van der Waals surface area contributed by atoms with Gasteiger partial charge in [0.1, 0.15) is 0 Å². The first-order chi connectivity index (χ1) is 11.1. The Bertz CT molecular complexity index is 514. The topological polar surface area (TPSA) is 47.0 Å². The van der Waals surface area contributed by atoms with E-state index in [1.165, 1.54) is 0 Å². The van der Waals surface area contributed by atoms with Crippen LogP contribution in [0.15, 0.2) is 30.3 Å². The number of carbonyl (C=O) groups is 1. The van der Waals surface area contributed by atoms with Gasteiger partial charge < -0.3 is 14.9 Å². The van der Waals surface area contributed by atoms with Crippen molar-refractivity contribution < 1.29 is 9.90 Å². The van der Waals surface area contributed by atoms with Gasteiger partial charge in [0.25, 0.3) is 0 Å². The zero-order valence-corrected chi connectivity index (χ0v) is 13.9. The summed E-state index contributed by atoms with van der Waals surface area (Å²) in [6, 6.07) is 9.78. The highest BCUT2D eigenvalue weighted by atomic mass is 16.3. The Balaban J connectivity index is 1.46. The molecule has 126 valence electrons. The number of amides is 1. The van der Waals surface area contributed by atoms with E-state index in [4.69, 9.17) is 0 Å². The SMILES string of the molecule is CN1CC[C@@H](C(=O)N2CCN(C[C@H](O)c3ccccc3)CC2)C1. The molecule has 1 N–H and O–H groups in total. The van der Waals surface area contributed by atoms with Crippen molar-refractivity contribution in [1.82, 2.24) is 14.7 Å². The van der Waals surface area contributed by atoms with E-state index in [0.717, 1.165) is 51.3 Å². The van der Waals surface area contributed by atoms with Crippen LogP contribution in [-0.2, 0) is 4.79 Å². The predicted octanol–water partition coefficient (Wildman–Crippen LogP) is 0.816. The summed E-state index contributed by atoms with van der Waals surface area (Å²) in [5.41, 5.74) is 0.958. The van der Waals surface area contributed by atoms with Gasteiger partial charge in [-0.05, 0) is 25.6 Å². The molecule has 2 aliphatic rings. The Labute approximate surface area is 138 Å². The molecule has 0 spiro atoms. The average Bonchev–Trinajstić information content (AvgIpc) is 3.02. The molecule has 3 rings (SSSR count). The summed E-state index contributed by atoms with van der Waals surface area (Å²) in [6.07, 6.45) is 0.532. The molecule has 1 aromatic rings. The fraction of sp³-hybridized carbons (Fsp3) is 0.611. The van der Waals surface area contributed by atoms with Gasteiger partial charge in [0.15, 0.2) is 0 Å². The lowest BCUT2D eigenvalue weighted by atomic mass is 10.1. The maximum absolute atomic E-state index is 12.5. The summed E-state index contributed by atoms with van der Waals surface area (Å²) in [6.45, 7) is 5.81. The van der Waals surface area contributed by atoms with E-state index in [9.17, 15) is 9.90 Å². The Morgan fingerprint density at radius 1 is 1.17 bits per heavy atom. The molecule has 2 aliphatic heterocycles. The van der Waals surface area contributed by atoms with Crippen molar-refractivity contribution in [2.45, 2.75) is 12.5 Å². The Kier molecular flexibility index (Phi) is 5.30. The molecule has 1 aromatic carbocycles. The van der Waals surface area contributed by atoms with Crippen LogP contribution in [0, 0.1) is 5.92 Å². The third kappa shape index (κ3) is 4.10. The zero-order chi connectivity index (χ0) is 16.2. The standard InChI is InChI=1S/C18H27N3O2/c1-19-8-7-16(13-19)18(23)21-11-9-20(10-12-21)14-17(22)15-5-3-2-4-6-15/h2-6,16-17,22H,7-14H2,1H3/t16-,17+/m1/s1. The lowest BCUT2D eigenvalue weighted by molar-refractivity contribution is -0.137. The number of benzene rings is 1. The van der Waals surface area contributed by atoms with Gasteiger partial charge in [-0.3, -0.25) is 9.69 Å². The van der Waals surface area contributed by atoms with Gasteiger partial charge in [-0.2, -0.15) is 0 Å². The minimum absolute atomic E-state index is 0.182. The smallest absolute Gasteiger partial charge is 0.227 e. The molecule has 5 heteroatoms. The molecule has 1 amide bonds. The molecule has 0 radical (unpaired) electrons. The summed E-state index contributed by atoms with van der Waals surface area (Å²) in [5.74, 6) is 0.499. The van der Waals surface area contributed by atoms with Crippen LogP contribution < -0.4 is 0 Å². The second kappa shape index (κ2) is 7.43. The molecule has 0 bridgehead atoms. The Hall–Kier alpha value is -1.43. The summed E-state index contributed by atoms with van der Waals surface area (Å²) in [5, 5.41) is 10.3. The van der Waals surface area contributed by atoms with Crippen molar-refractivity contribution in [3.05, 3.63) is 35.9 Å². The maximum Gasteiger partial charge on any atom is 0.227 e. The molecule has 2 fully saturated rings. The largest absolute Gasteiger partial charge is 0.387 e. The molecule has 0 aromatic heterocycles. The fourth-order valence-electron chi connectivity index (χ4n) is 3.57. The molecule has 5 nitrogen and oxygen atoms in total. The molecule has 0 unspecified atom stereocenters. The number of piperazine rings is 1. The third-order valence-electron chi connectivity index (χ3n) is 5.04. The minimum atomic E-state index is -0.457. The van der Waals surface area contributed by atoms with Crippen LogP contribution in [0.25, 0.3) is 0 Å². The molecular weight excluding hydrogens is 290 g/mol. The number of hydrogen-bond acceptors (Lipinski definition) is 4. The number of hydrogen-bond donors (Lipinski definition) is 1. The predicted molar refractivity (Wildman–Crippen MR) is 90.0 cm³/mol. The summed E-state index contributed by atoms with van der Waals surface area (Å²) in [7, 11) is 2.08. The van der Waals surface area contributed by atoms with E-state index in [0.29, 0.717) is 12.5 Å². The zero-order valence-electron chi connectivity index (χ0n) is 13.9. The highest BCUT2D eigenvalue weighted by Gasteiger charge is 2.31. The van der Waals surface area contributed by atoms with Gasteiger partial charge >= 0.3 is 0 Å². The van der Waals surface area contributed by atoms with E-state index in [1.54, 1.807) is 0 Å². The molecule has 0 aliphatic carbocycles. The third-order valence-corrected chi connectivity index (χ3v) is 5.04. The second-order valence-electron chi connectivity index (χ2n) is 6.80.